The molecular formula is C20H25ClN2O3. The molecule has 1 aliphatic carbocycles. The Balaban J connectivity index is 0.00000121. The number of ether oxygens (including phenoxy) is 1. The number of aliphatic hydroxyl groups excluding tert-OH is 1. The van der Waals surface area contributed by atoms with E-state index in [0.717, 1.165) is 47.9 Å². The number of fused-ring (bicyclic) bond motifs is 1. The lowest BCUT2D eigenvalue weighted by molar-refractivity contribution is -0.0118. The van der Waals surface area contributed by atoms with Gasteiger partial charge in [0, 0.05) is 5.56 Å². The molecule has 0 radical (unpaired) electrons. The van der Waals surface area contributed by atoms with Gasteiger partial charge < -0.3 is 20.4 Å². The van der Waals surface area contributed by atoms with Crippen molar-refractivity contribution in [2.24, 2.45) is 0 Å². The molecule has 2 aromatic carbocycles. The average Bonchev–Trinajstić information content (AvgIpc) is 3.06. The standard InChI is InChI=1S/C20H21NO3.ClH.H3N/c22-16-9-11-17(12-10-16)23-13-14-5-7-15(8-6-14)20-21-18-3-1-2-4-19(18)24-20;;/h1-8,16-17,22H,9-13H2;1H;1H3. The molecule has 4 rings (SSSR count). The van der Waals surface area contributed by atoms with Crippen LogP contribution in [0.5, 0.6) is 0 Å². The number of para-hydroxylation sites is 2. The molecule has 3 aromatic rings. The summed E-state index contributed by atoms with van der Waals surface area (Å²) in [5, 5.41) is 9.53. The van der Waals surface area contributed by atoms with Crippen LogP contribution in [-0.4, -0.2) is 22.3 Å². The molecule has 4 N–H and O–H groups in total. The van der Waals surface area contributed by atoms with Crippen LogP contribution in [0.25, 0.3) is 22.6 Å². The Morgan fingerprint density at radius 3 is 2.38 bits per heavy atom. The molecule has 0 spiro atoms. The lowest BCUT2D eigenvalue weighted by atomic mass is 9.95. The zero-order chi connectivity index (χ0) is 16.4. The van der Waals surface area contributed by atoms with Crippen LogP contribution in [0, 0.1) is 0 Å². The molecular weight excluding hydrogens is 352 g/mol. The van der Waals surface area contributed by atoms with Crippen LogP contribution in [0.1, 0.15) is 31.2 Å². The predicted octanol–water partition coefficient (Wildman–Crippen LogP) is 4.90. The highest BCUT2D eigenvalue weighted by Gasteiger charge is 2.19. The summed E-state index contributed by atoms with van der Waals surface area (Å²) in [7, 11) is 0. The van der Waals surface area contributed by atoms with Crippen LogP contribution in [0.2, 0.25) is 0 Å². The number of rotatable bonds is 4. The summed E-state index contributed by atoms with van der Waals surface area (Å²) < 4.78 is 11.8. The highest BCUT2D eigenvalue weighted by atomic mass is 35.5. The summed E-state index contributed by atoms with van der Waals surface area (Å²) in [5.41, 5.74) is 3.79. The summed E-state index contributed by atoms with van der Waals surface area (Å²) in [6.07, 6.45) is 3.72. The first-order valence-electron chi connectivity index (χ1n) is 8.52. The van der Waals surface area contributed by atoms with Crippen molar-refractivity contribution in [3.8, 4) is 11.5 Å². The summed E-state index contributed by atoms with van der Waals surface area (Å²) in [4.78, 5) is 4.52. The molecule has 0 aliphatic heterocycles. The van der Waals surface area contributed by atoms with Gasteiger partial charge in [0.25, 0.3) is 0 Å². The fourth-order valence-electron chi connectivity index (χ4n) is 3.17. The van der Waals surface area contributed by atoms with E-state index in [1.54, 1.807) is 0 Å². The van der Waals surface area contributed by atoms with Gasteiger partial charge in [0.15, 0.2) is 5.58 Å². The number of benzene rings is 2. The Bertz CT molecular complexity index is 778. The second-order valence-electron chi connectivity index (χ2n) is 6.43. The first-order valence-corrected chi connectivity index (χ1v) is 8.52. The SMILES string of the molecule is Cl.N.OC1CCC(OCc2ccc(-c3nc4ccccc4o3)cc2)CC1. The second kappa shape index (κ2) is 9.14. The van der Waals surface area contributed by atoms with Gasteiger partial charge in [-0.05, 0) is 55.5 Å². The van der Waals surface area contributed by atoms with Crippen molar-refractivity contribution >= 4 is 23.5 Å². The number of hydrogen-bond donors (Lipinski definition) is 2. The molecule has 6 heteroatoms. The minimum atomic E-state index is -0.138. The fraction of sp³-hybridized carbons (Fsp3) is 0.350. The molecule has 1 saturated carbocycles. The number of hydrogen-bond acceptors (Lipinski definition) is 5. The normalized spacial score (nSPS) is 19.6. The molecule has 140 valence electrons. The zero-order valence-electron chi connectivity index (χ0n) is 14.6. The average molecular weight is 377 g/mol. The smallest absolute Gasteiger partial charge is 0.227 e. The molecule has 26 heavy (non-hydrogen) atoms. The molecule has 0 saturated heterocycles. The van der Waals surface area contributed by atoms with E-state index in [2.05, 4.69) is 17.1 Å². The maximum absolute atomic E-state index is 9.53. The van der Waals surface area contributed by atoms with Gasteiger partial charge in [0.05, 0.1) is 18.8 Å². The molecule has 0 unspecified atom stereocenters. The van der Waals surface area contributed by atoms with Gasteiger partial charge in [0.2, 0.25) is 5.89 Å². The Kier molecular flexibility index (Phi) is 7.17. The zero-order valence-corrected chi connectivity index (χ0v) is 15.5. The maximum Gasteiger partial charge on any atom is 0.227 e. The lowest BCUT2D eigenvalue weighted by Gasteiger charge is -2.25. The number of nitrogens with zero attached hydrogens (tertiary/aromatic N) is 1. The van der Waals surface area contributed by atoms with Crippen molar-refractivity contribution in [3.05, 3.63) is 54.1 Å². The Morgan fingerprint density at radius 2 is 1.69 bits per heavy atom. The largest absolute Gasteiger partial charge is 0.436 e. The van der Waals surface area contributed by atoms with Gasteiger partial charge in [-0.2, -0.15) is 0 Å². The number of aromatic nitrogens is 1. The third-order valence-corrected chi connectivity index (χ3v) is 4.62. The summed E-state index contributed by atoms with van der Waals surface area (Å²) in [6.45, 7) is 0.606. The number of halogens is 1. The van der Waals surface area contributed by atoms with Crippen LogP contribution >= 0.6 is 12.4 Å². The van der Waals surface area contributed by atoms with E-state index in [-0.39, 0.29) is 30.8 Å². The van der Waals surface area contributed by atoms with E-state index < -0.39 is 0 Å². The minimum absolute atomic E-state index is 0. The highest BCUT2D eigenvalue weighted by molar-refractivity contribution is 5.85. The molecule has 5 nitrogen and oxygen atoms in total. The van der Waals surface area contributed by atoms with E-state index in [1.165, 1.54) is 0 Å². The molecule has 1 heterocycles. The second-order valence-corrected chi connectivity index (χ2v) is 6.43. The van der Waals surface area contributed by atoms with Gasteiger partial charge in [-0.25, -0.2) is 4.98 Å². The van der Waals surface area contributed by atoms with Crippen molar-refractivity contribution in [1.29, 1.82) is 0 Å². The maximum atomic E-state index is 9.53. The van der Waals surface area contributed by atoms with E-state index in [4.69, 9.17) is 9.15 Å². The fourth-order valence-corrected chi connectivity index (χ4v) is 3.17. The van der Waals surface area contributed by atoms with Crippen molar-refractivity contribution in [2.45, 2.75) is 44.5 Å². The predicted molar refractivity (Wildman–Crippen MR) is 105 cm³/mol. The molecule has 1 fully saturated rings. The number of oxazole rings is 1. The molecule has 0 atom stereocenters. The Morgan fingerprint density at radius 1 is 1.00 bits per heavy atom. The molecule has 1 aliphatic rings. The van der Waals surface area contributed by atoms with Crippen LogP contribution in [0.15, 0.2) is 52.9 Å². The summed E-state index contributed by atoms with van der Waals surface area (Å²) in [5.74, 6) is 0.643. The van der Waals surface area contributed by atoms with E-state index in [0.29, 0.717) is 12.5 Å². The van der Waals surface area contributed by atoms with Crippen molar-refractivity contribution in [2.75, 3.05) is 0 Å². The van der Waals surface area contributed by atoms with Gasteiger partial charge in [-0.15, -0.1) is 12.4 Å². The van der Waals surface area contributed by atoms with Crippen molar-refractivity contribution in [3.63, 3.8) is 0 Å². The third kappa shape index (κ3) is 4.62. The first kappa shape index (κ1) is 20.4. The third-order valence-electron chi connectivity index (χ3n) is 4.62. The molecule has 1 aromatic heterocycles. The Labute approximate surface area is 159 Å². The van der Waals surface area contributed by atoms with Gasteiger partial charge in [0.1, 0.15) is 5.52 Å². The number of aliphatic hydroxyl groups is 1. The molecule has 0 bridgehead atoms. The van der Waals surface area contributed by atoms with Crippen LogP contribution in [0.4, 0.5) is 0 Å². The highest BCUT2D eigenvalue weighted by Crippen LogP contribution is 2.25. The summed E-state index contributed by atoms with van der Waals surface area (Å²) in [6, 6.07) is 15.9. The summed E-state index contributed by atoms with van der Waals surface area (Å²) >= 11 is 0. The first-order chi connectivity index (χ1) is 11.8. The quantitative estimate of drug-likeness (QED) is 0.675. The van der Waals surface area contributed by atoms with Gasteiger partial charge in [-0.3, -0.25) is 0 Å². The minimum Gasteiger partial charge on any atom is -0.436 e. The van der Waals surface area contributed by atoms with Crippen molar-refractivity contribution in [1.82, 2.24) is 11.1 Å². The topological polar surface area (TPSA) is 90.5 Å². The Hall–Kier alpha value is -1.92. The van der Waals surface area contributed by atoms with Crippen LogP contribution < -0.4 is 6.15 Å². The van der Waals surface area contributed by atoms with E-state index in [1.807, 2.05) is 36.4 Å². The van der Waals surface area contributed by atoms with Crippen molar-refractivity contribution < 1.29 is 14.3 Å². The lowest BCUT2D eigenvalue weighted by Crippen LogP contribution is -2.24. The van der Waals surface area contributed by atoms with E-state index >= 15 is 0 Å². The van der Waals surface area contributed by atoms with Crippen LogP contribution in [0.3, 0.4) is 0 Å². The van der Waals surface area contributed by atoms with E-state index in [9.17, 15) is 5.11 Å². The molecule has 0 amide bonds. The van der Waals surface area contributed by atoms with Crippen LogP contribution in [-0.2, 0) is 11.3 Å². The monoisotopic (exact) mass is 376 g/mol. The van der Waals surface area contributed by atoms with Gasteiger partial charge in [-0.1, -0.05) is 24.3 Å². The van der Waals surface area contributed by atoms with Gasteiger partial charge >= 0.3 is 0 Å².